The van der Waals surface area contributed by atoms with E-state index >= 15 is 0 Å². The molecule has 3 amide bonds. The lowest BCUT2D eigenvalue weighted by Gasteiger charge is -2.42. The number of hydrogen-bond acceptors (Lipinski definition) is 6. The molecule has 6 atom stereocenters. The van der Waals surface area contributed by atoms with Gasteiger partial charge in [-0.2, -0.15) is 0 Å². The first-order valence-corrected chi connectivity index (χ1v) is 15.5. The van der Waals surface area contributed by atoms with Gasteiger partial charge in [0.25, 0.3) is 0 Å². The van der Waals surface area contributed by atoms with Gasteiger partial charge in [0.2, 0.25) is 17.7 Å². The van der Waals surface area contributed by atoms with Crippen LogP contribution < -0.4 is 9.64 Å². The summed E-state index contributed by atoms with van der Waals surface area (Å²) in [7, 11) is 0. The van der Waals surface area contributed by atoms with Crippen LogP contribution in [-0.4, -0.2) is 88.3 Å². The molecule has 2 saturated heterocycles. The maximum atomic E-state index is 14.7. The predicted molar refractivity (Wildman–Crippen MR) is 166 cm³/mol. The van der Waals surface area contributed by atoms with E-state index in [4.69, 9.17) is 9.47 Å². The molecule has 44 heavy (non-hydrogen) atoms. The zero-order valence-electron chi connectivity index (χ0n) is 25.8. The summed E-state index contributed by atoms with van der Waals surface area (Å²) in [4.78, 5) is 48.7. The number of likely N-dealkylation sites (tertiary alicyclic amines) is 1. The monoisotopic (exact) mass is 599 g/mol. The first-order valence-electron chi connectivity index (χ1n) is 15.5. The molecule has 4 aliphatic heterocycles. The Morgan fingerprint density at radius 1 is 0.977 bits per heavy atom. The van der Waals surface area contributed by atoms with Crippen LogP contribution in [0.15, 0.2) is 78.9 Å². The van der Waals surface area contributed by atoms with E-state index in [9.17, 15) is 19.5 Å². The molecule has 4 aliphatic rings. The zero-order chi connectivity index (χ0) is 31.2. The van der Waals surface area contributed by atoms with E-state index in [1.165, 1.54) is 4.90 Å². The van der Waals surface area contributed by atoms with Crippen molar-refractivity contribution in [3.63, 3.8) is 0 Å². The van der Waals surface area contributed by atoms with E-state index in [2.05, 4.69) is 0 Å². The van der Waals surface area contributed by atoms with Crippen molar-refractivity contribution in [3.8, 4) is 5.75 Å². The molecule has 0 radical (unpaired) electrons. The largest absolute Gasteiger partial charge is 0.494 e. The number of nitrogens with zero attached hydrogens (tertiary/aromatic N) is 3. The maximum Gasteiger partial charge on any atom is 0.249 e. The molecule has 9 heteroatoms. The Labute approximate surface area is 258 Å². The highest BCUT2D eigenvalue weighted by Gasteiger charge is 2.72. The number of carbonyl (C=O) groups excluding carboxylic acids is 3. The molecular formula is C35H41N3O6. The third-order valence-corrected chi connectivity index (χ3v) is 9.28. The molecular weight excluding hydrogens is 558 g/mol. The van der Waals surface area contributed by atoms with Crippen molar-refractivity contribution >= 4 is 23.4 Å². The van der Waals surface area contributed by atoms with E-state index in [0.717, 1.165) is 5.56 Å². The molecule has 1 unspecified atom stereocenters. The van der Waals surface area contributed by atoms with Crippen LogP contribution in [0, 0.1) is 11.8 Å². The molecule has 0 bridgehead atoms. The third kappa shape index (κ3) is 4.92. The summed E-state index contributed by atoms with van der Waals surface area (Å²) in [6, 6.07) is 15.2. The molecule has 0 aromatic heterocycles. The molecule has 0 saturated carbocycles. The zero-order valence-corrected chi connectivity index (χ0v) is 25.8. The topological polar surface area (TPSA) is 99.6 Å². The van der Waals surface area contributed by atoms with Gasteiger partial charge in [-0.15, -0.1) is 0 Å². The molecule has 9 nitrogen and oxygen atoms in total. The minimum absolute atomic E-state index is 0.235. The molecule has 4 heterocycles. The summed E-state index contributed by atoms with van der Waals surface area (Å²) in [5, 5.41) is 10.7. The average molecular weight is 600 g/mol. The minimum atomic E-state index is -1.37. The van der Waals surface area contributed by atoms with Gasteiger partial charge in [-0.3, -0.25) is 14.4 Å². The SMILES string of the molecule is CCOc1ccc(N2CC=C[C@@H]3O[C@]45C=CCN(C(C)(C)C)C(=O)C4N([C@@H](CO)Cc4ccccc4)C(=O)[C@@H]5[C@@H]3C2=O)cc1. The van der Waals surface area contributed by atoms with Gasteiger partial charge in [0, 0.05) is 24.3 Å². The second-order valence-corrected chi connectivity index (χ2v) is 12.9. The quantitative estimate of drug-likeness (QED) is 0.490. The number of amides is 3. The number of aliphatic hydroxyl groups excluding tert-OH is 1. The van der Waals surface area contributed by atoms with Crippen molar-refractivity contribution < 1.29 is 29.0 Å². The summed E-state index contributed by atoms with van der Waals surface area (Å²) < 4.78 is 12.4. The Hall–Kier alpha value is -3.95. The van der Waals surface area contributed by atoms with Crippen molar-refractivity contribution in [1.29, 1.82) is 0 Å². The van der Waals surface area contributed by atoms with E-state index in [0.29, 0.717) is 37.6 Å². The Morgan fingerprint density at radius 2 is 1.70 bits per heavy atom. The number of carbonyl (C=O) groups is 3. The minimum Gasteiger partial charge on any atom is -0.494 e. The molecule has 2 aromatic carbocycles. The van der Waals surface area contributed by atoms with Crippen molar-refractivity contribution in [2.24, 2.45) is 11.8 Å². The maximum absolute atomic E-state index is 14.7. The number of benzene rings is 2. The van der Waals surface area contributed by atoms with Gasteiger partial charge in [0.1, 0.15) is 17.4 Å². The van der Waals surface area contributed by atoms with E-state index in [-0.39, 0.29) is 24.3 Å². The molecule has 2 aromatic rings. The molecule has 6 rings (SSSR count). The van der Waals surface area contributed by atoms with Crippen LogP contribution in [0.4, 0.5) is 5.69 Å². The Balaban J connectivity index is 1.43. The highest BCUT2D eigenvalue weighted by atomic mass is 16.5. The predicted octanol–water partition coefficient (Wildman–Crippen LogP) is 3.37. The second-order valence-electron chi connectivity index (χ2n) is 12.9. The van der Waals surface area contributed by atoms with Gasteiger partial charge in [-0.05, 0) is 63.9 Å². The molecule has 1 spiro atoms. The van der Waals surface area contributed by atoms with Crippen LogP contribution in [0.5, 0.6) is 5.75 Å². The van der Waals surface area contributed by atoms with Gasteiger partial charge in [0.15, 0.2) is 0 Å². The molecule has 2 fully saturated rings. The lowest BCUT2D eigenvalue weighted by molar-refractivity contribution is -0.153. The van der Waals surface area contributed by atoms with Gasteiger partial charge in [0.05, 0.1) is 37.2 Å². The van der Waals surface area contributed by atoms with Crippen molar-refractivity contribution in [2.45, 2.75) is 63.4 Å². The van der Waals surface area contributed by atoms with Crippen LogP contribution in [0.1, 0.15) is 33.3 Å². The second kappa shape index (κ2) is 11.5. The van der Waals surface area contributed by atoms with Gasteiger partial charge in [-0.1, -0.05) is 54.6 Å². The Morgan fingerprint density at radius 3 is 2.36 bits per heavy atom. The number of hydrogen-bond donors (Lipinski definition) is 1. The first-order chi connectivity index (χ1) is 21.1. The Kier molecular flexibility index (Phi) is 7.88. The highest BCUT2D eigenvalue weighted by molar-refractivity contribution is 6.04. The lowest BCUT2D eigenvalue weighted by atomic mass is 9.77. The lowest BCUT2D eigenvalue weighted by Crippen LogP contribution is -2.61. The number of ether oxygens (including phenoxy) is 2. The number of aliphatic hydroxyl groups is 1. The number of anilines is 1. The fourth-order valence-electron chi connectivity index (χ4n) is 7.33. The normalized spacial score (nSPS) is 28.8. The standard InChI is InChI=1S/C35H41N3O6/c1-5-43-26-16-14-24(15-17-26)36-19-9-13-27-28(31(36)40)29-32(41)38(25(22-39)21-23-11-7-6-8-12-23)30-33(42)37(34(2,3)4)20-10-18-35(29,30)44-27/h6-18,25,27-30,39H,5,19-22H2,1-4H3/t25-,27+,28-,29+,30?,35+/m1/s1. The number of rotatable bonds is 7. The molecule has 1 N–H and O–H groups in total. The fourth-order valence-corrected chi connectivity index (χ4v) is 7.33. The third-order valence-electron chi connectivity index (χ3n) is 9.28. The highest BCUT2D eigenvalue weighted by Crippen LogP contribution is 2.54. The summed E-state index contributed by atoms with van der Waals surface area (Å²) in [6.45, 7) is 8.66. The molecule has 0 aliphatic carbocycles. The van der Waals surface area contributed by atoms with Crippen LogP contribution in [0.25, 0.3) is 0 Å². The summed E-state index contributed by atoms with van der Waals surface area (Å²) in [5.41, 5.74) is -0.275. The number of fused-ring (bicyclic) bond motifs is 2. The fraction of sp³-hybridized carbons (Fsp3) is 0.457. The van der Waals surface area contributed by atoms with Crippen molar-refractivity contribution in [2.75, 3.05) is 31.2 Å². The molecule has 232 valence electrons. The average Bonchev–Trinajstić information content (AvgIpc) is 3.31. The first kappa shape index (κ1) is 30.1. The van der Waals surface area contributed by atoms with Crippen molar-refractivity contribution in [3.05, 3.63) is 84.5 Å². The van der Waals surface area contributed by atoms with Crippen LogP contribution >= 0.6 is 0 Å². The Bertz CT molecular complexity index is 1470. The van der Waals surface area contributed by atoms with Gasteiger partial charge >= 0.3 is 0 Å². The van der Waals surface area contributed by atoms with Gasteiger partial charge < -0.3 is 29.3 Å². The van der Waals surface area contributed by atoms with Crippen molar-refractivity contribution in [1.82, 2.24) is 9.80 Å². The van der Waals surface area contributed by atoms with Crippen LogP contribution in [0.3, 0.4) is 0 Å². The summed E-state index contributed by atoms with van der Waals surface area (Å²) >= 11 is 0. The van der Waals surface area contributed by atoms with Crippen LogP contribution in [0.2, 0.25) is 0 Å². The summed E-state index contributed by atoms with van der Waals surface area (Å²) in [6.07, 6.45) is 7.16. The van der Waals surface area contributed by atoms with E-state index in [1.807, 2.05) is 107 Å². The smallest absolute Gasteiger partial charge is 0.249 e. The van der Waals surface area contributed by atoms with Crippen LogP contribution in [-0.2, 0) is 25.5 Å². The summed E-state index contributed by atoms with van der Waals surface area (Å²) in [5.74, 6) is -1.92. The van der Waals surface area contributed by atoms with E-state index < -0.39 is 41.2 Å². The van der Waals surface area contributed by atoms with Gasteiger partial charge in [-0.25, -0.2) is 0 Å². The van der Waals surface area contributed by atoms with E-state index in [1.54, 1.807) is 9.80 Å².